The smallest absolute Gasteiger partial charge is 0.148 e. The molecule has 0 bridgehead atoms. The van der Waals surface area contributed by atoms with Crippen LogP contribution in [0.4, 0.5) is 0 Å². The quantitative estimate of drug-likeness (QED) is 0.886. The van der Waals surface area contributed by atoms with E-state index in [9.17, 15) is 5.11 Å². The molecule has 2 rings (SSSR count). The minimum absolute atomic E-state index is 0.269. The first-order chi connectivity index (χ1) is 9.99. The lowest BCUT2D eigenvalue weighted by Crippen LogP contribution is -2.14. The highest BCUT2D eigenvalue weighted by Crippen LogP contribution is 2.24. The lowest BCUT2D eigenvalue weighted by atomic mass is 10.0. The molecule has 0 radical (unpaired) electrons. The Hall–Kier alpha value is -1.69. The van der Waals surface area contributed by atoms with Gasteiger partial charge < -0.3 is 5.11 Å². The molecule has 0 saturated heterocycles. The molecule has 1 atom stereocenters. The molecule has 116 valence electrons. The van der Waals surface area contributed by atoms with E-state index in [-0.39, 0.29) is 6.04 Å². The maximum Gasteiger partial charge on any atom is 0.148 e. The Bertz CT molecular complexity index is 597. The first kappa shape index (κ1) is 15.7. The minimum Gasteiger partial charge on any atom is -0.389 e. The molecule has 1 N–H and O–H groups in total. The van der Waals surface area contributed by atoms with E-state index in [2.05, 4.69) is 42.9 Å². The Kier molecular flexibility index (Phi) is 4.77. The second-order valence-corrected chi connectivity index (χ2v) is 5.56. The van der Waals surface area contributed by atoms with Crippen LogP contribution in [0.25, 0.3) is 0 Å². The van der Waals surface area contributed by atoms with E-state index in [1.54, 1.807) is 13.3 Å². The zero-order valence-corrected chi connectivity index (χ0v) is 13.5. The van der Waals surface area contributed by atoms with E-state index in [1.165, 1.54) is 0 Å². The van der Waals surface area contributed by atoms with E-state index >= 15 is 0 Å². The van der Waals surface area contributed by atoms with Crippen molar-refractivity contribution < 1.29 is 5.11 Å². The maximum atomic E-state index is 10.0. The van der Waals surface area contributed by atoms with Crippen molar-refractivity contribution in [2.45, 2.75) is 66.2 Å². The van der Waals surface area contributed by atoms with Crippen LogP contribution in [-0.4, -0.2) is 29.7 Å². The molecule has 6 nitrogen and oxygen atoms in total. The summed E-state index contributed by atoms with van der Waals surface area (Å²) in [6.07, 6.45) is 2.74. The molecule has 0 aromatic carbocycles. The van der Waals surface area contributed by atoms with Gasteiger partial charge in [-0.1, -0.05) is 13.8 Å². The van der Waals surface area contributed by atoms with Crippen LogP contribution < -0.4 is 0 Å². The van der Waals surface area contributed by atoms with Crippen LogP contribution in [0.3, 0.4) is 0 Å². The molecule has 21 heavy (non-hydrogen) atoms. The first-order valence-electron chi connectivity index (χ1n) is 7.64. The number of aromatic nitrogens is 5. The topological polar surface area (TPSA) is 68.8 Å². The second kappa shape index (κ2) is 6.39. The van der Waals surface area contributed by atoms with Crippen LogP contribution in [0.15, 0.2) is 6.33 Å². The van der Waals surface area contributed by atoms with Crippen molar-refractivity contribution >= 4 is 0 Å². The van der Waals surface area contributed by atoms with Gasteiger partial charge in [-0.25, -0.2) is 9.67 Å². The van der Waals surface area contributed by atoms with Gasteiger partial charge in [0.25, 0.3) is 0 Å². The predicted molar refractivity (Wildman–Crippen MR) is 81.1 cm³/mol. The van der Waals surface area contributed by atoms with Crippen LogP contribution in [-0.2, 0) is 19.4 Å². The summed E-state index contributed by atoms with van der Waals surface area (Å²) >= 11 is 0. The van der Waals surface area contributed by atoms with Gasteiger partial charge in [0.2, 0.25) is 0 Å². The molecule has 0 spiro atoms. The summed E-state index contributed by atoms with van der Waals surface area (Å²) in [7, 11) is 0. The van der Waals surface area contributed by atoms with Crippen LogP contribution in [0.5, 0.6) is 0 Å². The van der Waals surface area contributed by atoms with Crippen LogP contribution in [0, 0.1) is 0 Å². The van der Waals surface area contributed by atoms with Gasteiger partial charge in [0.05, 0.1) is 11.8 Å². The third-order valence-corrected chi connectivity index (χ3v) is 3.69. The Labute approximate surface area is 125 Å². The van der Waals surface area contributed by atoms with E-state index in [1.807, 2.05) is 9.36 Å². The highest BCUT2D eigenvalue weighted by Gasteiger charge is 2.20. The van der Waals surface area contributed by atoms with Gasteiger partial charge in [0.15, 0.2) is 0 Å². The van der Waals surface area contributed by atoms with Crippen molar-refractivity contribution in [2.24, 2.45) is 0 Å². The van der Waals surface area contributed by atoms with Crippen molar-refractivity contribution in [3.63, 3.8) is 0 Å². The fraction of sp³-hybridized carbons (Fsp3) is 0.667. The van der Waals surface area contributed by atoms with Crippen molar-refractivity contribution in [3.8, 4) is 0 Å². The lowest BCUT2D eigenvalue weighted by Gasteiger charge is -2.12. The van der Waals surface area contributed by atoms with E-state index in [4.69, 9.17) is 0 Å². The first-order valence-corrected chi connectivity index (χ1v) is 7.64. The van der Waals surface area contributed by atoms with E-state index in [0.29, 0.717) is 6.54 Å². The molecule has 0 saturated carbocycles. The summed E-state index contributed by atoms with van der Waals surface area (Å²) in [4.78, 5) is 4.35. The SMILES string of the molecule is CCc1nn(Cc2ncnn2C(C)C)c(CC)c1C(C)O. The van der Waals surface area contributed by atoms with Gasteiger partial charge >= 0.3 is 0 Å². The van der Waals surface area contributed by atoms with Gasteiger partial charge in [-0.15, -0.1) is 0 Å². The van der Waals surface area contributed by atoms with E-state index in [0.717, 1.165) is 35.6 Å². The Morgan fingerprint density at radius 2 is 1.90 bits per heavy atom. The van der Waals surface area contributed by atoms with Crippen LogP contribution in [0.1, 0.15) is 69.5 Å². The Morgan fingerprint density at radius 3 is 2.43 bits per heavy atom. The van der Waals surface area contributed by atoms with Crippen molar-refractivity contribution in [2.75, 3.05) is 0 Å². The van der Waals surface area contributed by atoms with Crippen molar-refractivity contribution in [3.05, 3.63) is 29.1 Å². The average Bonchev–Trinajstić information content (AvgIpc) is 3.02. The van der Waals surface area contributed by atoms with Gasteiger partial charge in [0, 0.05) is 17.3 Å². The fourth-order valence-electron chi connectivity index (χ4n) is 2.77. The average molecular weight is 291 g/mol. The highest BCUT2D eigenvalue weighted by molar-refractivity contribution is 5.29. The Balaban J connectivity index is 2.42. The molecular weight excluding hydrogens is 266 g/mol. The normalized spacial score (nSPS) is 13.1. The van der Waals surface area contributed by atoms with Crippen LogP contribution >= 0.6 is 0 Å². The minimum atomic E-state index is -0.494. The number of hydrogen-bond donors (Lipinski definition) is 1. The summed E-state index contributed by atoms with van der Waals surface area (Å²) in [6.45, 7) is 10.7. The third kappa shape index (κ3) is 3.00. The summed E-state index contributed by atoms with van der Waals surface area (Å²) in [5.41, 5.74) is 3.02. The summed E-state index contributed by atoms with van der Waals surface area (Å²) in [5, 5.41) is 19.0. The molecular formula is C15H25N5O. The largest absolute Gasteiger partial charge is 0.389 e. The standard InChI is InChI=1S/C15H25N5O/c1-6-12-15(11(5)21)13(7-2)19(18-12)8-14-16-9-17-20(14)10(3)4/h9-11,21H,6-8H2,1-5H3. The summed E-state index contributed by atoms with van der Waals surface area (Å²) < 4.78 is 3.87. The van der Waals surface area contributed by atoms with Gasteiger partial charge in [-0.2, -0.15) is 10.2 Å². The molecule has 0 aliphatic carbocycles. The number of aliphatic hydroxyl groups excluding tert-OH is 1. The molecule has 0 fully saturated rings. The number of aryl methyl sites for hydroxylation is 1. The zero-order chi connectivity index (χ0) is 15.6. The van der Waals surface area contributed by atoms with Crippen LogP contribution in [0.2, 0.25) is 0 Å². The molecule has 6 heteroatoms. The molecule has 1 unspecified atom stereocenters. The van der Waals surface area contributed by atoms with E-state index < -0.39 is 6.10 Å². The van der Waals surface area contributed by atoms with Gasteiger partial charge in [-0.05, 0) is 33.6 Å². The highest BCUT2D eigenvalue weighted by atomic mass is 16.3. The second-order valence-electron chi connectivity index (χ2n) is 5.56. The maximum absolute atomic E-state index is 10.0. The summed E-state index contributed by atoms with van der Waals surface area (Å²) in [6, 6.07) is 0.269. The summed E-state index contributed by atoms with van der Waals surface area (Å²) in [5.74, 6) is 0.891. The fourth-order valence-corrected chi connectivity index (χ4v) is 2.77. The molecule has 0 amide bonds. The lowest BCUT2D eigenvalue weighted by molar-refractivity contribution is 0.197. The monoisotopic (exact) mass is 291 g/mol. The number of hydrogen-bond acceptors (Lipinski definition) is 4. The van der Waals surface area contributed by atoms with Crippen molar-refractivity contribution in [1.29, 1.82) is 0 Å². The number of nitrogens with zero attached hydrogens (tertiary/aromatic N) is 5. The molecule has 2 aromatic heterocycles. The Morgan fingerprint density at radius 1 is 1.19 bits per heavy atom. The predicted octanol–water partition coefficient (Wildman–Crippen LogP) is 2.28. The zero-order valence-electron chi connectivity index (χ0n) is 13.5. The number of aliphatic hydroxyl groups is 1. The number of rotatable bonds is 6. The van der Waals surface area contributed by atoms with Gasteiger partial charge in [0.1, 0.15) is 18.7 Å². The molecule has 0 aliphatic rings. The van der Waals surface area contributed by atoms with Gasteiger partial charge in [-0.3, -0.25) is 4.68 Å². The molecule has 2 heterocycles. The third-order valence-electron chi connectivity index (χ3n) is 3.69. The molecule has 0 aliphatic heterocycles. The molecule has 2 aromatic rings. The van der Waals surface area contributed by atoms with Crippen molar-refractivity contribution in [1.82, 2.24) is 24.5 Å².